The van der Waals surface area contributed by atoms with Crippen LogP contribution in [-0.2, 0) is 6.54 Å². The van der Waals surface area contributed by atoms with Crippen molar-refractivity contribution in [2.24, 2.45) is 10.7 Å². The van der Waals surface area contributed by atoms with E-state index in [1.54, 1.807) is 11.3 Å². The summed E-state index contributed by atoms with van der Waals surface area (Å²) < 4.78 is 0. The van der Waals surface area contributed by atoms with Crippen LogP contribution in [-0.4, -0.2) is 17.0 Å². The molecular formula is C12H21IN4S. The van der Waals surface area contributed by atoms with Gasteiger partial charge in [0.05, 0.1) is 6.54 Å². The molecule has 4 nitrogen and oxygen atoms in total. The maximum atomic E-state index is 5.87. The number of aryl methyl sites for hydroxylation is 1. The SMILES string of the molecule is Cc1cnc(CN=C(N)NC2CCCCC2)s1.I. The minimum atomic E-state index is 0. The zero-order chi connectivity index (χ0) is 12.1. The van der Waals surface area contributed by atoms with Crippen molar-refractivity contribution in [3.63, 3.8) is 0 Å². The second-order valence-electron chi connectivity index (χ2n) is 4.55. The van der Waals surface area contributed by atoms with Gasteiger partial charge in [-0.15, -0.1) is 35.3 Å². The Morgan fingerprint density at radius 1 is 1.50 bits per heavy atom. The molecule has 0 unspecified atom stereocenters. The van der Waals surface area contributed by atoms with E-state index >= 15 is 0 Å². The number of halogens is 1. The smallest absolute Gasteiger partial charge is 0.189 e. The van der Waals surface area contributed by atoms with Crippen molar-refractivity contribution < 1.29 is 0 Å². The summed E-state index contributed by atoms with van der Waals surface area (Å²) in [5, 5.41) is 4.32. The van der Waals surface area contributed by atoms with Crippen molar-refractivity contribution in [2.75, 3.05) is 0 Å². The van der Waals surface area contributed by atoms with E-state index in [4.69, 9.17) is 5.73 Å². The van der Waals surface area contributed by atoms with Crippen LogP contribution in [0.15, 0.2) is 11.2 Å². The monoisotopic (exact) mass is 380 g/mol. The van der Waals surface area contributed by atoms with Gasteiger partial charge in [-0.05, 0) is 19.8 Å². The molecule has 0 bridgehead atoms. The van der Waals surface area contributed by atoms with Gasteiger partial charge < -0.3 is 11.1 Å². The van der Waals surface area contributed by atoms with Crippen LogP contribution in [0, 0.1) is 6.92 Å². The van der Waals surface area contributed by atoms with E-state index in [-0.39, 0.29) is 24.0 Å². The number of rotatable bonds is 3. The number of nitrogens with one attached hydrogen (secondary N) is 1. The predicted octanol–water partition coefficient (Wildman–Crippen LogP) is 2.81. The van der Waals surface area contributed by atoms with Gasteiger partial charge in [0, 0.05) is 17.1 Å². The van der Waals surface area contributed by atoms with Gasteiger partial charge in [0.25, 0.3) is 0 Å². The second-order valence-corrected chi connectivity index (χ2v) is 5.86. The lowest BCUT2D eigenvalue weighted by Gasteiger charge is -2.23. The molecule has 0 atom stereocenters. The van der Waals surface area contributed by atoms with Crippen LogP contribution in [0.2, 0.25) is 0 Å². The van der Waals surface area contributed by atoms with Gasteiger partial charge in [-0.25, -0.2) is 9.98 Å². The molecule has 1 fully saturated rings. The molecule has 3 N–H and O–H groups in total. The zero-order valence-electron chi connectivity index (χ0n) is 10.7. The Balaban J connectivity index is 0.00000162. The fourth-order valence-corrected chi connectivity index (χ4v) is 2.84. The number of hydrogen-bond donors (Lipinski definition) is 2. The Kier molecular flexibility index (Phi) is 6.91. The van der Waals surface area contributed by atoms with Crippen molar-refractivity contribution in [3.8, 4) is 0 Å². The molecule has 1 saturated carbocycles. The van der Waals surface area contributed by atoms with E-state index in [0.717, 1.165) is 5.01 Å². The average Bonchev–Trinajstić information content (AvgIpc) is 2.74. The lowest BCUT2D eigenvalue weighted by Crippen LogP contribution is -2.41. The van der Waals surface area contributed by atoms with Crippen LogP contribution in [0.5, 0.6) is 0 Å². The summed E-state index contributed by atoms with van der Waals surface area (Å²) in [4.78, 5) is 9.81. The van der Waals surface area contributed by atoms with Gasteiger partial charge in [0.1, 0.15) is 5.01 Å². The first-order valence-corrected chi connectivity index (χ1v) is 7.03. The number of thiazole rings is 1. The molecule has 0 aromatic carbocycles. The molecule has 1 aromatic heterocycles. The van der Waals surface area contributed by atoms with E-state index in [2.05, 4.69) is 22.2 Å². The molecule has 0 saturated heterocycles. The first-order chi connectivity index (χ1) is 8.24. The highest BCUT2D eigenvalue weighted by molar-refractivity contribution is 14.0. The Morgan fingerprint density at radius 2 is 2.22 bits per heavy atom. The molecule has 0 radical (unpaired) electrons. The number of aromatic nitrogens is 1. The maximum Gasteiger partial charge on any atom is 0.189 e. The molecule has 0 aliphatic heterocycles. The predicted molar refractivity (Wildman–Crippen MR) is 87.6 cm³/mol. The molecule has 1 aliphatic rings. The largest absolute Gasteiger partial charge is 0.370 e. The summed E-state index contributed by atoms with van der Waals surface area (Å²) in [6, 6.07) is 0.519. The van der Waals surface area contributed by atoms with E-state index in [1.807, 2.05) is 6.20 Å². The summed E-state index contributed by atoms with van der Waals surface area (Å²) >= 11 is 1.67. The van der Waals surface area contributed by atoms with Gasteiger partial charge in [0.2, 0.25) is 0 Å². The maximum absolute atomic E-state index is 5.87. The van der Waals surface area contributed by atoms with E-state index in [9.17, 15) is 0 Å². The second kappa shape index (κ2) is 7.93. The number of nitrogens with two attached hydrogens (primary N) is 1. The number of hydrogen-bond acceptors (Lipinski definition) is 3. The lowest BCUT2D eigenvalue weighted by atomic mass is 9.96. The van der Waals surface area contributed by atoms with Crippen LogP contribution in [0.25, 0.3) is 0 Å². The van der Waals surface area contributed by atoms with Crippen LogP contribution in [0.3, 0.4) is 0 Å². The fraction of sp³-hybridized carbons (Fsp3) is 0.667. The van der Waals surface area contributed by atoms with E-state index < -0.39 is 0 Å². The van der Waals surface area contributed by atoms with E-state index in [0.29, 0.717) is 18.5 Å². The molecule has 2 rings (SSSR count). The highest BCUT2D eigenvalue weighted by Gasteiger charge is 2.13. The molecule has 1 aliphatic carbocycles. The van der Waals surface area contributed by atoms with Crippen molar-refractivity contribution in [1.29, 1.82) is 0 Å². The number of aliphatic imine (C=N–C) groups is 1. The minimum Gasteiger partial charge on any atom is -0.370 e. The summed E-state index contributed by atoms with van der Waals surface area (Å²) in [5.74, 6) is 0.560. The fourth-order valence-electron chi connectivity index (χ4n) is 2.13. The Bertz CT molecular complexity index is 385. The summed E-state index contributed by atoms with van der Waals surface area (Å²) in [7, 11) is 0. The molecule has 0 amide bonds. The highest BCUT2D eigenvalue weighted by Crippen LogP contribution is 2.17. The molecule has 1 heterocycles. The van der Waals surface area contributed by atoms with Crippen LogP contribution in [0.1, 0.15) is 42.0 Å². The molecule has 0 spiro atoms. The van der Waals surface area contributed by atoms with Crippen LogP contribution < -0.4 is 11.1 Å². The first-order valence-electron chi connectivity index (χ1n) is 6.22. The average molecular weight is 380 g/mol. The summed E-state index contributed by atoms with van der Waals surface area (Å²) in [6.45, 7) is 2.64. The Hall–Kier alpha value is -0.370. The third-order valence-electron chi connectivity index (χ3n) is 3.01. The normalized spacial score (nSPS) is 17.3. The molecular weight excluding hydrogens is 359 g/mol. The third-order valence-corrected chi connectivity index (χ3v) is 3.91. The molecule has 102 valence electrons. The Labute approximate surface area is 129 Å². The highest BCUT2D eigenvalue weighted by atomic mass is 127. The molecule has 6 heteroatoms. The van der Waals surface area contributed by atoms with E-state index in [1.165, 1.54) is 37.0 Å². The first kappa shape index (κ1) is 15.7. The Morgan fingerprint density at radius 3 is 2.83 bits per heavy atom. The van der Waals surface area contributed by atoms with Gasteiger partial charge in [-0.3, -0.25) is 0 Å². The van der Waals surface area contributed by atoms with Crippen LogP contribution in [0.4, 0.5) is 0 Å². The van der Waals surface area contributed by atoms with Crippen molar-refractivity contribution in [3.05, 3.63) is 16.1 Å². The minimum absolute atomic E-state index is 0. The van der Waals surface area contributed by atoms with Crippen molar-refractivity contribution >= 4 is 41.3 Å². The lowest BCUT2D eigenvalue weighted by molar-refractivity contribution is 0.412. The summed E-state index contributed by atoms with van der Waals surface area (Å²) in [5.41, 5.74) is 5.87. The van der Waals surface area contributed by atoms with Gasteiger partial charge in [-0.1, -0.05) is 19.3 Å². The number of nitrogens with zero attached hydrogens (tertiary/aromatic N) is 2. The van der Waals surface area contributed by atoms with Crippen molar-refractivity contribution in [2.45, 2.75) is 51.6 Å². The van der Waals surface area contributed by atoms with Crippen LogP contribution >= 0.6 is 35.3 Å². The third kappa shape index (κ3) is 5.09. The standard InChI is InChI=1S/C12H20N4S.HI/c1-9-7-14-11(17-9)8-15-12(13)16-10-5-3-2-4-6-10;/h7,10H,2-6,8H2,1H3,(H3,13,15,16);1H. The molecule has 1 aromatic rings. The van der Waals surface area contributed by atoms with Gasteiger partial charge in [0.15, 0.2) is 5.96 Å². The molecule has 18 heavy (non-hydrogen) atoms. The van der Waals surface area contributed by atoms with Crippen molar-refractivity contribution in [1.82, 2.24) is 10.3 Å². The van der Waals surface area contributed by atoms with Gasteiger partial charge in [-0.2, -0.15) is 0 Å². The number of guanidine groups is 1. The summed E-state index contributed by atoms with van der Waals surface area (Å²) in [6.07, 6.45) is 8.26. The van der Waals surface area contributed by atoms with Gasteiger partial charge >= 0.3 is 0 Å². The quantitative estimate of drug-likeness (QED) is 0.482. The zero-order valence-corrected chi connectivity index (χ0v) is 13.8. The topological polar surface area (TPSA) is 63.3 Å².